The molecule has 2 aliphatic heterocycles. The number of hydrazine groups is 1. The number of carbonyl (C=O) groups is 2. The summed E-state index contributed by atoms with van der Waals surface area (Å²) in [7, 11) is -4.02. The minimum absolute atomic E-state index is 0.0436. The fourth-order valence-corrected chi connectivity index (χ4v) is 7.14. The number of aliphatic hydroxyl groups excluding tert-OH is 1. The molecule has 1 fully saturated rings. The zero-order valence-corrected chi connectivity index (χ0v) is 25.7. The van der Waals surface area contributed by atoms with Crippen molar-refractivity contribution in [2.24, 2.45) is 5.92 Å². The molecule has 0 radical (unpaired) electrons. The number of rotatable bonds is 13. The average Bonchev–Trinajstić information content (AvgIpc) is 3.70. The highest BCUT2D eigenvalue weighted by molar-refractivity contribution is 7.89. The molecule has 0 aromatic heterocycles. The third kappa shape index (κ3) is 8.36. The number of fused-ring (bicyclic) bond motifs is 1. The lowest BCUT2D eigenvalue weighted by molar-refractivity contribution is -0.148. The molecule has 0 bridgehead atoms. The molecule has 3 N–H and O–H groups in total. The van der Waals surface area contributed by atoms with Crippen molar-refractivity contribution in [3.05, 3.63) is 59.7 Å². The van der Waals surface area contributed by atoms with Gasteiger partial charge in [-0.25, -0.2) is 13.4 Å². The predicted molar refractivity (Wildman–Crippen MR) is 163 cm³/mol. The number of carbonyl (C=O) groups excluding carboxylic acids is 2. The van der Waals surface area contributed by atoms with Gasteiger partial charge in [0.25, 0.3) is 5.91 Å². The van der Waals surface area contributed by atoms with Crippen LogP contribution in [0.25, 0.3) is 0 Å². The van der Waals surface area contributed by atoms with Crippen molar-refractivity contribution in [3.63, 3.8) is 0 Å². The minimum Gasteiger partial charge on any atom is -0.493 e. The Morgan fingerprint density at radius 3 is 2.63 bits per heavy atom. The summed E-state index contributed by atoms with van der Waals surface area (Å²) < 4.78 is 34.8. The smallest absolute Gasteiger partial charge is 0.255 e. The third-order valence-electron chi connectivity index (χ3n) is 7.68. The van der Waals surface area contributed by atoms with Gasteiger partial charge in [0.2, 0.25) is 15.9 Å². The second-order valence-corrected chi connectivity index (χ2v) is 13.4. The van der Waals surface area contributed by atoms with Crippen LogP contribution in [0.15, 0.2) is 53.4 Å². The summed E-state index contributed by atoms with van der Waals surface area (Å²) in [4.78, 5) is 26.8. The number of ether oxygens (including phenoxy) is 1. The summed E-state index contributed by atoms with van der Waals surface area (Å²) in [5.41, 5.74) is 4.39. The van der Waals surface area contributed by atoms with Crippen LogP contribution in [-0.2, 0) is 32.5 Å². The Bertz CT molecular complexity index is 1400. The van der Waals surface area contributed by atoms with E-state index in [-0.39, 0.29) is 49.1 Å². The van der Waals surface area contributed by atoms with E-state index in [1.54, 1.807) is 12.1 Å². The van der Waals surface area contributed by atoms with Crippen molar-refractivity contribution in [1.29, 1.82) is 0 Å². The van der Waals surface area contributed by atoms with E-state index in [9.17, 15) is 23.1 Å². The first kappa shape index (κ1) is 32.5. The molecule has 2 heterocycles. The molecule has 1 saturated heterocycles. The molecular weight excluding hydrogens is 568 g/mol. The molecule has 11 heteroatoms. The second kappa shape index (κ2) is 14.8. The molecule has 0 spiro atoms. The van der Waals surface area contributed by atoms with E-state index in [4.69, 9.17) is 11.2 Å². The van der Waals surface area contributed by atoms with Gasteiger partial charge in [0.05, 0.1) is 29.7 Å². The van der Waals surface area contributed by atoms with Crippen LogP contribution in [0.1, 0.15) is 50.7 Å². The lowest BCUT2D eigenvalue weighted by atomic mass is 9.99. The summed E-state index contributed by atoms with van der Waals surface area (Å²) in [5, 5.41) is 16.1. The highest BCUT2D eigenvalue weighted by Gasteiger charge is 2.37. The highest BCUT2D eigenvalue weighted by atomic mass is 32.2. The van der Waals surface area contributed by atoms with E-state index in [0.29, 0.717) is 31.7 Å². The molecule has 43 heavy (non-hydrogen) atoms. The van der Waals surface area contributed by atoms with Crippen molar-refractivity contribution < 1.29 is 27.9 Å². The largest absolute Gasteiger partial charge is 0.493 e. The maximum absolute atomic E-state index is 14.0. The number of sulfonamides is 1. The van der Waals surface area contributed by atoms with Gasteiger partial charge in [-0.1, -0.05) is 44.2 Å². The van der Waals surface area contributed by atoms with Gasteiger partial charge in [0, 0.05) is 32.4 Å². The lowest BCUT2D eigenvalue weighted by Crippen LogP contribution is -2.61. The molecule has 232 valence electrons. The summed E-state index contributed by atoms with van der Waals surface area (Å²) in [6, 6.07) is 12.6. The van der Waals surface area contributed by atoms with Crippen molar-refractivity contribution in [1.82, 2.24) is 20.1 Å². The maximum atomic E-state index is 14.0. The Morgan fingerprint density at radius 2 is 1.95 bits per heavy atom. The average molecular weight is 611 g/mol. The van der Waals surface area contributed by atoms with Gasteiger partial charge in [-0.3, -0.25) is 15.0 Å². The topological polar surface area (TPSA) is 128 Å². The molecule has 0 aliphatic carbocycles. The maximum Gasteiger partial charge on any atom is 0.255 e. The Labute approximate surface area is 254 Å². The predicted octanol–water partition coefficient (Wildman–Crippen LogP) is 2.27. The lowest BCUT2D eigenvalue weighted by Gasteiger charge is -2.37. The standard InChI is InChI=1S/C32H42N4O6S/c1-4-5-13-31(38)36(34-32(39)27-12-9-17-33-27)28(19-24-10-7-6-8-11-24)29(37)22-35(21-23(2)3)43(40,41)26-14-15-30-25(20-26)16-18-42-30/h1,6-8,10-11,14-15,20,23,27-29,33,37H,5,9,12-13,16-19,21-22H2,2-3H3,(H,34,39)/t27?,28-,29+/m0/s1. The number of nitrogens with zero attached hydrogens (tertiary/aromatic N) is 2. The van der Waals surface area contributed by atoms with E-state index in [1.807, 2.05) is 44.2 Å². The van der Waals surface area contributed by atoms with E-state index in [1.165, 1.54) is 15.4 Å². The molecule has 2 aliphatic rings. The first-order valence-corrected chi connectivity index (χ1v) is 16.3. The first-order chi connectivity index (χ1) is 20.6. The number of terminal acetylenes is 1. The van der Waals surface area contributed by atoms with Crippen LogP contribution >= 0.6 is 0 Å². The van der Waals surface area contributed by atoms with Crippen LogP contribution in [0.4, 0.5) is 0 Å². The molecule has 2 aromatic rings. The zero-order chi connectivity index (χ0) is 31.0. The highest BCUT2D eigenvalue weighted by Crippen LogP contribution is 2.29. The molecule has 2 aromatic carbocycles. The number of hydrogen-bond donors (Lipinski definition) is 3. The zero-order valence-electron chi connectivity index (χ0n) is 24.9. The van der Waals surface area contributed by atoms with E-state index in [2.05, 4.69) is 16.7 Å². The second-order valence-electron chi connectivity index (χ2n) is 11.5. The number of nitrogens with one attached hydrogen (secondary N) is 2. The van der Waals surface area contributed by atoms with E-state index >= 15 is 0 Å². The monoisotopic (exact) mass is 610 g/mol. The Morgan fingerprint density at radius 1 is 1.19 bits per heavy atom. The van der Waals surface area contributed by atoms with Crippen molar-refractivity contribution in [2.75, 3.05) is 26.2 Å². The fourth-order valence-electron chi connectivity index (χ4n) is 5.47. The number of hydrogen-bond acceptors (Lipinski definition) is 7. The molecule has 4 rings (SSSR count). The van der Waals surface area contributed by atoms with Crippen LogP contribution in [0.2, 0.25) is 0 Å². The van der Waals surface area contributed by atoms with Gasteiger partial charge in [-0.2, -0.15) is 4.31 Å². The van der Waals surface area contributed by atoms with Crippen molar-refractivity contribution in [3.8, 4) is 18.1 Å². The number of amides is 2. The summed E-state index contributed by atoms with van der Waals surface area (Å²) >= 11 is 0. The van der Waals surface area contributed by atoms with Gasteiger partial charge in [0.15, 0.2) is 0 Å². The van der Waals surface area contributed by atoms with Crippen LogP contribution in [0, 0.1) is 18.3 Å². The fraction of sp³-hybridized carbons (Fsp3) is 0.500. The number of benzene rings is 2. The van der Waals surface area contributed by atoms with Crippen molar-refractivity contribution in [2.45, 2.75) is 75.5 Å². The third-order valence-corrected chi connectivity index (χ3v) is 9.51. The molecule has 3 atom stereocenters. The van der Waals surface area contributed by atoms with Crippen LogP contribution < -0.4 is 15.5 Å². The van der Waals surface area contributed by atoms with E-state index < -0.39 is 34.1 Å². The molecule has 1 unspecified atom stereocenters. The van der Waals surface area contributed by atoms with Gasteiger partial charge >= 0.3 is 0 Å². The molecular formula is C32H42N4O6S. The van der Waals surface area contributed by atoms with Crippen LogP contribution in [-0.4, -0.2) is 79.1 Å². The Kier molecular flexibility index (Phi) is 11.2. The summed E-state index contributed by atoms with van der Waals surface area (Å²) in [6.07, 6.45) is 6.44. The van der Waals surface area contributed by atoms with Gasteiger partial charge < -0.3 is 15.2 Å². The molecule has 0 saturated carbocycles. The SMILES string of the molecule is C#CCCC(=O)N(NC(=O)C1CCCN1)[C@@H](Cc1ccccc1)[C@H](O)CN(CC(C)C)S(=O)(=O)c1ccc2c(c1)CCO2. The molecule has 2 amide bonds. The van der Waals surface area contributed by atoms with Gasteiger partial charge in [-0.15, -0.1) is 12.3 Å². The number of aliphatic hydroxyl groups is 1. The first-order valence-electron chi connectivity index (χ1n) is 14.9. The van der Waals surface area contributed by atoms with E-state index in [0.717, 1.165) is 17.5 Å². The Hall–Kier alpha value is -3.43. The summed E-state index contributed by atoms with van der Waals surface area (Å²) in [5.74, 6) is 2.24. The van der Waals surface area contributed by atoms with Crippen LogP contribution in [0.3, 0.4) is 0 Å². The van der Waals surface area contributed by atoms with Gasteiger partial charge in [0.1, 0.15) is 5.75 Å². The molecule has 10 nitrogen and oxygen atoms in total. The van der Waals surface area contributed by atoms with Crippen LogP contribution in [0.5, 0.6) is 5.75 Å². The van der Waals surface area contributed by atoms with Gasteiger partial charge in [-0.05, 0) is 61.1 Å². The quantitative estimate of drug-likeness (QED) is 0.235. The van der Waals surface area contributed by atoms with Crippen molar-refractivity contribution >= 4 is 21.8 Å². The minimum atomic E-state index is -4.02. The summed E-state index contributed by atoms with van der Waals surface area (Å²) in [6.45, 7) is 4.85. The normalized spacial score (nSPS) is 17.6. The Balaban J connectivity index is 1.67.